The molecule has 0 heterocycles. The molecular weight excluding hydrogens is 522 g/mol. The normalized spacial score (nSPS) is 12.0. The molecule has 1 N–H and O–H groups in total. The zero-order chi connectivity index (χ0) is 27.9. The molecule has 0 aliphatic heterocycles. The average molecular weight is 556 g/mol. The van der Waals surface area contributed by atoms with Gasteiger partial charge in [0.15, 0.2) is 0 Å². The maximum Gasteiger partial charge on any atom is 0.264 e. The first-order valence-electron chi connectivity index (χ1n) is 12.5. The van der Waals surface area contributed by atoms with E-state index in [1.165, 1.54) is 17.0 Å². The van der Waals surface area contributed by atoms with Gasteiger partial charge < -0.3 is 10.2 Å². The van der Waals surface area contributed by atoms with E-state index in [2.05, 4.69) is 5.32 Å². The number of sulfonamides is 1. The van der Waals surface area contributed by atoms with Crippen LogP contribution >= 0.6 is 11.6 Å². The summed E-state index contributed by atoms with van der Waals surface area (Å²) in [4.78, 5) is 28.4. The van der Waals surface area contributed by atoms with Crippen LogP contribution in [0.3, 0.4) is 0 Å². The van der Waals surface area contributed by atoms with Crippen LogP contribution in [0.25, 0.3) is 0 Å². The van der Waals surface area contributed by atoms with E-state index in [0.29, 0.717) is 22.8 Å². The highest BCUT2D eigenvalue weighted by Gasteiger charge is 2.33. The summed E-state index contributed by atoms with van der Waals surface area (Å²) in [5, 5.41) is 3.30. The van der Waals surface area contributed by atoms with Crippen LogP contribution in [0.4, 0.5) is 5.69 Å². The molecule has 3 aromatic carbocycles. The Morgan fingerprint density at radius 2 is 1.61 bits per heavy atom. The number of halogens is 1. The van der Waals surface area contributed by atoms with Gasteiger partial charge in [-0.05, 0) is 74.2 Å². The number of nitrogens with zero attached hydrogens (tertiary/aromatic N) is 2. The molecule has 3 aromatic rings. The lowest BCUT2D eigenvalue weighted by atomic mass is 10.1. The number of carbonyl (C=O) groups is 2. The molecule has 1 atom stereocenters. The largest absolute Gasteiger partial charge is 0.354 e. The van der Waals surface area contributed by atoms with Crippen LogP contribution in [0.1, 0.15) is 37.0 Å². The van der Waals surface area contributed by atoms with Crippen LogP contribution in [0.5, 0.6) is 0 Å². The van der Waals surface area contributed by atoms with Crippen molar-refractivity contribution in [3.05, 3.63) is 94.5 Å². The number of carbonyl (C=O) groups excluding carboxylic acids is 2. The molecule has 0 radical (unpaired) electrons. The summed E-state index contributed by atoms with van der Waals surface area (Å²) in [7, 11) is -4.12. The fraction of sp³-hybridized carbons (Fsp3) is 0.310. The Balaban J connectivity index is 2.05. The van der Waals surface area contributed by atoms with Crippen molar-refractivity contribution in [1.82, 2.24) is 10.2 Å². The zero-order valence-electron chi connectivity index (χ0n) is 22.1. The minimum atomic E-state index is -4.12. The van der Waals surface area contributed by atoms with E-state index in [1.807, 2.05) is 38.1 Å². The summed E-state index contributed by atoms with van der Waals surface area (Å²) in [5.41, 5.74) is 2.78. The molecule has 0 aromatic heterocycles. The topological polar surface area (TPSA) is 86.8 Å². The quantitative estimate of drug-likeness (QED) is 0.357. The van der Waals surface area contributed by atoms with E-state index >= 15 is 0 Å². The number of nitrogens with one attached hydrogen (secondary N) is 1. The van der Waals surface area contributed by atoms with Crippen LogP contribution in [0.2, 0.25) is 5.02 Å². The summed E-state index contributed by atoms with van der Waals surface area (Å²) < 4.78 is 28.8. The van der Waals surface area contributed by atoms with Crippen molar-refractivity contribution in [2.75, 3.05) is 17.4 Å². The Morgan fingerprint density at radius 3 is 2.24 bits per heavy atom. The number of hydrogen-bond donors (Lipinski definition) is 1. The van der Waals surface area contributed by atoms with Crippen molar-refractivity contribution in [3.63, 3.8) is 0 Å². The maximum atomic E-state index is 13.9. The van der Waals surface area contributed by atoms with Crippen molar-refractivity contribution in [2.24, 2.45) is 0 Å². The second-order valence-electron chi connectivity index (χ2n) is 9.17. The second kappa shape index (κ2) is 12.9. The third-order valence-electron chi connectivity index (χ3n) is 6.36. The van der Waals surface area contributed by atoms with Gasteiger partial charge in [-0.1, -0.05) is 61.0 Å². The molecule has 0 saturated heterocycles. The summed E-state index contributed by atoms with van der Waals surface area (Å²) in [5.74, 6) is -0.796. The predicted octanol–water partition coefficient (Wildman–Crippen LogP) is 5.10. The molecule has 0 fully saturated rings. The molecule has 202 valence electrons. The molecule has 0 aliphatic carbocycles. The van der Waals surface area contributed by atoms with Gasteiger partial charge in [0.1, 0.15) is 12.6 Å². The van der Waals surface area contributed by atoms with Gasteiger partial charge in [-0.2, -0.15) is 0 Å². The predicted molar refractivity (Wildman–Crippen MR) is 152 cm³/mol. The number of hydrogen-bond acceptors (Lipinski definition) is 4. The zero-order valence-corrected chi connectivity index (χ0v) is 23.7. The Hall–Kier alpha value is -3.36. The maximum absolute atomic E-state index is 13.9. The second-order valence-corrected chi connectivity index (χ2v) is 11.5. The molecule has 9 heteroatoms. The molecular formula is C29H34ClN3O4S. The summed E-state index contributed by atoms with van der Waals surface area (Å²) in [6.07, 6.45) is 0.753. The van der Waals surface area contributed by atoms with Crippen molar-refractivity contribution < 1.29 is 18.0 Å². The molecule has 3 rings (SSSR count). The Morgan fingerprint density at radius 1 is 0.947 bits per heavy atom. The number of rotatable bonds is 11. The number of amides is 2. The van der Waals surface area contributed by atoms with E-state index in [-0.39, 0.29) is 17.3 Å². The number of benzene rings is 3. The van der Waals surface area contributed by atoms with Crippen LogP contribution in [-0.2, 0) is 26.2 Å². The molecule has 0 unspecified atom stereocenters. The summed E-state index contributed by atoms with van der Waals surface area (Å²) >= 11 is 6.14. The highest BCUT2D eigenvalue weighted by Crippen LogP contribution is 2.29. The van der Waals surface area contributed by atoms with Crippen molar-refractivity contribution >= 4 is 39.1 Å². The fourth-order valence-electron chi connectivity index (χ4n) is 4.08. The van der Waals surface area contributed by atoms with Crippen molar-refractivity contribution in [1.29, 1.82) is 0 Å². The Kier molecular flexibility index (Phi) is 9.94. The number of anilines is 1. The Labute approximate surface area is 230 Å². The smallest absolute Gasteiger partial charge is 0.264 e. The molecule has 0 saturated carbocycles. The van der Waals surface area contributed by atoms with Crippen molar-refractivity contribution in [3.8, 4) is 0 Å². The highest BCUT2D eigenvalue weighted by atomic mass is 35.5. The minimum absolute atomic E-state index is 0.0568. The van der Waals surface area contributed by atoms with Crippen LogP contribution < -0.4 is 9.62 Å². The van der Waals surface area contributed by atoms with Gasteiger partial charge in [-0.15, -0.1) is 0 Å². The van der Waals surface area contributed by atoms with E-state index in [9.17, 15) is 18.0 Å². The molecule has 0 spiro atoms. The third kappa shape index (κ3) is 6.94. The third-order valence-corrected chi connectivity index (χ3v) is 8.37. The van der Waals surface area contributed by atoms with Gasteiger partial charge in [0.25, 0.3) is 10.0 Å². The first-order chi connectivity index (χ1) is 18.1. The fourth-order valence-corrected chi connectivity index (χ4v) is 5.81. The number of aryl methyl sites for hydroxylation is 2. The SMILES string of the molecule is CCCNC(=O)[C@@H](C)N(Cc1ccccc1C)C(=O)CN(c1ccc(Cl)cc1C)S(=O)(=O)c1ccccc1. The van der Waals surface area contributed by atoms with Gasteiger partial charge in [0.2, 0.25) is 11.8 Å². The van der Waals surface area contributed by atoms with Crippen LogP contribution in [-0.4, -0.2) is 44.3 Å². The van der Waals surface area contributed by atoms with Gasteiger partial charge in [0.05, 0.1) is 10.6 Å². The van der Waals surface area contributed by atoms with Gasteiger partial charge in [-0.25, -0.2) is 8.42 Å². The average Bonchev–Trinajstić information content (AvgIpc) is 2.90. The van der Waals surface area contributed by atoms with E-state index in [4.69, 9.17) is 11.6 Å². The van der Waals surface area contributed by atoms with Gasteiger partial charge >= 0.3 is 0 Å². The highest BCUT2D eigenvalue weighted by molar-refractivity contribution is 7.92. The van der Waals surface area contributed by atoms with Crippen LogP contribution in [0, 0.1) is 13.8 Å². The first-order valence-corrected chi connectivity index (χ1v) is 14.3. The lowest BCUT2D eigenvalue weighted by molar-refractivity contribution is -0.139. The molecule has 7 nitrogen and oxygen atoms in total. The summed E-state index contributed by atoms with van der Waals surface area (Å²) in [6, 6.07) is 19.6. The van der Waals surface area contributed by atoms with Gasteiger partial charge in [0, 0.05) is 18.1 Å². The van der Waals surface area contributed by atoms with E-state index < -0.39 is 28.5 Å². The minimum Gasteiger partial charge on any atom is -0.354 e. The van der Waals surface area contributed by atoms with E-state index in [0.717, 1.165) is 21.9 Å². The molecule has 0 bridgehead atoms. The molecule has 2 amide bonds. The molecule has 38 heavy (non-hydrogen) atoms. The van der Waals surface area contributed by atoms with E-state index in [1.54, 1.807) is 50.2 Å². The standard InChI is InChI=1S/C29H34ClN3O4S/c1-5-17-31-29(35)23(4)32(19-24-12-10-9-11-21(24)2)28(34)20-33(27-16-15-25(30)18-22(27)3)38(36,37)26-13-7-6-8-14-26/h6-16,18,23H,5,17,19-20H2,1-4H3,(H,31,35)/t23-/m1/s1. The lowest BCUT2D eigenvalue weighted by Crippen LogP contribution is -2.51. The Bertz CT molecular complexity index is 1380. The van der Waals surface area contributed by atoms with Gasteiger partial charge in [-0.3, -0.25) is 13.9 Å². The molecule has 0 aliphatic rings. The summed E-state index contributed by atoms with van der Waals surface area (Å²) in [6.45, 7) is 7.43. The lowest BCUT2D eigenvalue weighted by Gasteiger charge is -2.32. The first kappa shape index (κ1) is 29.2. The monoisotopic (exact) mass is 555 g/mol. The van der Waals surface area contributed by atoms with Crippen LogP contribution in [0.15, 0.2) is 77.7 Å². The van der Waals surface area contributed by atoms with Crippen molar-refractivity contribution in [2.45, 2.75) is 51.6 Å².